The highest BCUT2D eigenvalue weighted by Crippen LogP contribution is 2.33. The number of amides is 2. The van der Waals surface area contributed by atoms with Gasteiger partial charge in [-0.1, -0.05) is 24.8 Å². The van der Waals surface area contributed by atoms with Crippen LogP contribution in [-0.4, -0.2) is 72.6 Å². The molecular weight excluding hydrogens is 575 g/mol. The van der Waals surface area contributed by atoms with Crippen molar-refractivity contribution in [2.24, 2.45) is 0 Å². The van der Waals surface area contributed by atoms with Crippen LogP contribution in [-0.2, 0) is 6.54 Å². The van der Waals surface area contributed by atoms with Gasteiger partial charge in [0.15, 0.2) is 0 Å². The number of rotatable bonds is 11. The third kappa shape index (κ3) is 8.05. The number of anilines is 6. The number of aromatic nitrogens is 2. The Morgan fingerprint density at radius 1 is 1.09 bits per heavy atom. The fraction of sp³-hybridized carbons (Fsp3) is 0.242. The number of urea groups is 1. The van der Waals surface area contributed by atoms with E-state index in [1.165, 1.54) is 29.4 Å². The summed E-state index contributed by atoms with van der Waals surface area (Å²) in [7, 11) is 3.74. The normalized spacial score (nSPS) is 13.9. The second kappa shape index (κ2) is 14.5. The zero-order valence-electron chi connectivity index (χ0n) is 25.3. The largest absolute Gasteiger partial charge is 0.494 e. The molecule has 1 saturated heterocycles. The molecule has 0 saturated carbocycles. The van der Waals surface area contributed by atoms with E-state index in [0.29, 0.717) is 34.2 Å². The maximum atomic E-state index is 13.8. The number of piperazine rings is 1. The number of benzene rings is 3. The van der Waals surface area contributed by atoms with Gasteiger partial charge < -0.3 is 35.6 Å². The standard InChI is InChI=1S/C33H37FN8O3/c1-4-32(43)38-25-9-6-10-27(18-25)42(33(44)35-21-23-7-5-8-24(34)17-23)31-20-30(36-22-37-31)39-28-12-11-26(19-29(28)45-3)41-15-13-40(2)14-16-41/h4-12,17-20,22,32,38,43H,1,13-16,21H2,2-3H3,(H,35,44)(H,36,37,39). The monoisotopic (exact) mass is 612 g/mol. The molecule has 1 aromatic heterocycles. The minimum absolute atomic E-state index is 0.0905. The molecule has 1 unspecified atom stereocenters. The van der Waals surface area contributed by atoms with Gasteiger partial charge >= 0.3 is 6.03 Å². The summed E-state index contributed by atoms with van der Waals surface area (Å²) >= 11 is 0. The first kappa shape index (κ1) is 31.2. The van der Waals surface area contributed by atoms with E-state index in [4.69, 9.17) is 4.74 Å². The molecule has 11 nitrogen and oxygen atoms in total. The number of nitrogens with zero attached hydrogens (tertiary/aromatic N) is 5. The summed E-state index contributed by atoms with van der Waals surface area (Å²) in [4.78, 5) is 28.5. The van der Waals surface area contributed by atoms with Crippen molar-refractivity contribution >= 4 is 40.4 Å². The molecule has 0 radical (unpaired) electrons. The number of likely N-dealkylation sites (N-methyl/N-ethyl adjacent to an activating group) is 1. The molecule has 234 valence electrons. The van der Waals surface area contributed by atoms with Gasteiger partial charge in [0.2, 0.25) is 0 Å². The van der Waals surface area contributed by atoms with E-state index in [-0.39, 0.29) is 12.4 Å². The Morgan fingerprint density at radius 3 is 2.64 bits per heavy atom. The lowest BCUT2D eigenvalue weighted by Gasteiger charge is -2.34. The molecule has 1 aliphatic rings. The average Bonchev–Trinajstić information content (AvgIpc) is 3.05. The lowest BCUT2D eigenvalue weighted by molar-refractivity contribution is 0.248. The Labute approximate surface area is 262 Å². The fourth-order valence-electron chi connectivity index (χ4n) is 4.94. The average molecular weight is 613 g/mol. The smallest absolute Gasteiger partial charge is 0.327 e. The number of carbonyl (C=O) groups is 1. The summed E-state index contributed by atoms with van der Waals surface area (Å²) in [5.41, 5.74) is 3.40. The van der Waals surface area contributed by atoms with Crippen LogP contribution in [0.15, 0.2) is 91.8 Å². The van der Waals surface area contributed by atoms with Crippen molar-refractivity contribution in [2.45, 2.75) is 12.8 Å². The highest BCUT2D eigenvalue weighted by molar-refractivity contribution is 5.99. The number of carbonyl (C=O) groups excluding carboxylic acids is 1. The van der Waals surface area contributed by atoms with Gasteiger partial charge in [-0.05, 0) is 61.2 Å². The van der Waals surface area contributed by atoms with Crippen molar-refractivity contribution < 1.29 is 19.0 Å². The van der Waals surface area contributed by atoms with Crippen LogP contribution in [0.25, 0.3) is 0 Å². The third-order valence-corrected chi connectivity index (χ3v) is 7.38. The van der Waals surface area contributed by atoms with Gasteiger partial charge in [0.1, 0.15) is 35.8 Å². The van der Waals surface area contributed by atoms with Crippen molar-refractivity contribution in [1.29, 1.82) is 0 Å². The maximum Gasteiger partial charge on any atom is 0.327 e. The summed E-state index contributed by atoms with van der Waals surface area (Å²) in [6.07, 6.45) is 1.73. The summed E-state index contributed by atoms with van der Waals surface area (Å²) < 4.78 is 19.5. The van der Waals surface area contributed by atoms with Gasteiger partial charge in [0.25, 0.3) is 0 Å². The van der Waals surface area contributed by atoms with Gasteiger partial charge in [-0.25, -0.2) is 24.1 Å². The van der Waals surface area contributed by atoms with Crippen LogP contribution in [0.1, 0.15) is 5.56 Å². The molecule has 4 aromatic rings. The van der Waals surface area contributed by atoms with Crippen LogP contribution in [0, 0.1) is 5.82 Å². The van der Waals surface area contributed by atoms with E-state index >= 15 is 0 Å². The van der Waals surface area contributed by atoms with Gasteiger partial charge in [-0.15, -0.1) is 0 Å². The number of hydrogen-bond acceptors (Lipinski definition) is 9. The molecule has 4 N–H and O–H groups in total. The number of aliphatic hydroxyl groups excluding tert-OH is 1. The molecule has 2 heterocycles. The number of methoxy groups -OCH3 is 1. The molecule has 2 amide bonds. The first-order valence-corrected chi connectivity index (χ1v) is 14.5. The van der Waals surface area contributed by atoms with E-state index in [1.807, 2.05) is 18.2 Å². The molecule has 5 rings (SSSR count). The molecule has 1 fully saturated rings. The van der Waals surface area contributed by atoms with Gasteiger partial charge in [0.05, 0.1) is 18.5 Å². The predicted molar refractivity (Wildman–Crippen MR) is 175 cm³/mol. The van der Waals surface area contributed by atoms with E-state index in [1.54, 1.807) is 49.6 Å². The Bertz CT molecular complexity index is 1630. The topological polar surface area (TPSA) is 118 Å². The van der Waals surface area contributed by atoms with Crippen LogP contribution < -0.4 is 30.5 Å². The second-order valence-corrected chi connectivity index (χ2v) is 10.6. The van der Waals surface area contributed by atoms with Crippen molar-refractivity contribution in [1.82, 2.24) is 20.2 Å². The number of nitrogens with one attached hydrogen (secondary N) is 3. The number of ether oxygens (including phenoxy) is 1. The van der Waals surface area contributed by atoms with Crippen molar-refractivity contribution in [3.63, 3.8) is 0 Å². The first-order chi connectivity index (χ1) is 21.8. The third-order valence-electron chi connectivity index (χ3n) is 7.38. The van der Waals surface area contributed by atoms with Crippen molar-refractivity contribution in [3.05, 3.63) is 103 Å². The molecule has 45 heavy (non-hydrogen) atoms. The minimum Gasteiger partial charge on any atom is -0.494 e. The fourth-order valence-corrected chi connectivity index (χ4v) is 4.94. The van der Waals surface area contributed by atoms with Crippen LogP contribution >= 0.6 is 0 Å². The molecule has 0 bridgehead atoms. The maximum absolute atomic E-state index is 13.8. The quantitative estimate of drug-likeness (QED) is 0.136. The number of hydrogen-bond donors (Lipinski definition) is 4. The highest BCUT2D eigenvalue weighted by atomic mass is 19.1. The van der Waals surface area contributed by atoms with Crippen LogP contribution in [0.5, 0.6) is 5.75 Å². The van der Waals surface area contributed by atoms with Crippen molar-refractivity contribution in [3.8, 4) is 5.75 Å². The Morgan fingerprint density at radius 2 is 1.89 bits per heavy atom. The highest BCUT2D eigenvalue weighted by Gasteiger charge is 2.22. The van der Waals surface area contributed by atoms with E-state index in [9.17, 15) is 14.3 Å². The van der Waals surface area contributed by atoms with E-state index < -0.39 is 18.1 Å². The summed E-state index contributed by atoms with van der Waals surface area (Å²) in [5.74, 6) is 0.969. The van der Waals surface area contributed by atoms with Gasteiger partial charge in [0, 0.05) is 56.2 Å². The lowest BCUT2D eigenvalue weighted by Crippen LogP contribution is -2.44. The minimum atomic E-state index is -0.983. The van der Waals surface area contributed by atoms with E-state index in [0.717, 1.165) is 31.9 Å². The predicted octanol–water partition coefficient (Wildman–Crippen LogP) is 5.08. The molecule has 12 heteroatoms. The Hall–Kier alpha value is -5.20. The summed E-state index contributed by atoms with van der Waals surface area (Å²) in [5, 5.41) is 19.1. The molecular formula is C33H37FN8O3. The molecule has 1 atom stereocenters. The number of aliphatic hydroxyl groups is 1. The molecule has 1 aliphatic heterocycles. The van der Waals surface area contributed by atoms with Crippen LogP contribution in [0.4, 0.5) is 43.6 Å². The van der Waals surface area contributed by atoms with Crippen molar-refractivity contribution in [2.75, 3.05) is 60.8 Å². The zero-order valence-corrected chi connectivity index (χ0v) is 25.3. The Kier molecular flexibility index (Phi) is 10.1. The van der Waals surface area contributed by atoms with Gasteiger partial charge in [-0.2, -0.15) is 0 Å². The SMILES string of the molecule is C=CC(O)Nc1cccc(N(C(=O)NCc2cccc(F)c2)c2cc(Nc3ccc(N4CCN(C)CC4)cc3OC)ncn2)c1. The molecule has 0 aliphatic carbocycles. The summed E-state index contributed by atoms with van der Waals surface area (Å²) in [6, 6.07) is 20.1. The van der Waals surface area contributed by atoms with Crippen LogP contribution in [0.3, 0.4) is 0 Å². The summed E-state index contributed by atoms with van der Waals surface area (Å²) in [6.45, 7) is 7.53. The first-order valence-electron chi connectivity index (χ1n) is 14.5. The van der Waals surface area contributed by atoms with E-state index in [2.05, 4.69) is 49.3 Å². The van der Waals surface area contributed by atoms with Crippen LogP contribution in [0.2, 0.25) is 0 Å². The Balaban J connectivity index is 1.42. The lowest BCUT2D eigenvalue weighted by atomic mass is 10.2. The second-order valence-electron chi connectivity index (χ2n) is 10.6. The van der Waals surface area contributed by atoms with Gasteiger partial charge in [-0.3, -0.25) is 0 Å². The molecule has 3 aromatic carbocycles. The molecule has 0 spiro atoms. The number of halogens is 1. The zero-order chi connectivity index (χ0) is 31.8.